The maximum atomic E-state index is 13.0. The Morgan fingerprint density at radius 1 is 0.960 bits per heavy atom. The number of nitrogens with one attached hydrogen (secondary N) is 1. The zero-order chi connectivity index (χ0) is 17.2. The van der Waals surface area contributed by atoms with Gasteiger partial charge in [-0.2, -0.15) is 0 Å². The highest BCUT2D eigenvalue weighted by Crippen LogP contribution is 2.22. The van der Waals surface area contributed by atoms with Gasteiger partial charge >= 0.3 is 0 Å². The lowest BCUT2D eigenvalue weighted by Crippen LogP contribution is -2.04. The third-order valence-electron chi connectivity index (χ3n) is 3.96. The summed E-state index contributed by atoms with van der Waals surface area (Å²) in [5.74, 6) is 0.473. The lowest BCUT2D eigenvalue weighted by atomic mass is 10.1. The number of fused-ring (bicyclic) bond motifs is 1. The van der Waals surface area contributed by atoms with Crippen LogP contribution in [0.15, 0.2) is 66.9 Å². The Morgan fingerprint density at radius 2 is 1.72 bits per heavy atom. The Labute approximate surface area is 143 Å². The number of nitrogens with two attached hydrogens (primary N) is 1. The summed E-state index contributed by atoms with van der Waals surface area (Å²) in [6.07, 6.45) is 1.79. The highest BCUT2D eigenvalue weighted by atomic mass is 19.1. The van der Waals surface area contributed by atoms with Crippen molar-refractivity contribution in [1.29, 1.82) is 0 Å². The van der Waals surface area contributed by atoms with Gasteiger partial charge in [-0.15, -0.1) is 5.10 Å². The van der Waals surface area contributed by atoms with Crippen LogP contribution < -0.4 is 11.1 Å². The van der Waals surface area contributed by atoms with E-state index in [2.05, 4.69) is 15.4 Å². The third-order valence-corrected chi connectivity index (χ3v) is 3.96. The minimum Gasteiger partial charge on any atom is -0.399 e. The molecule has 0 spiro atoms. The molecule has 6 heteroatoms. The summed E-state index contributed by atoms with van der Waals surface area (Å²) in [4.78, 5) is 4.39. The summed E-state index contributed by atoms with van der Waals surface area (Å²) < 4.78 is 14.8. The lowest BCUT2D eigenvalue weighted by Gasteiger charge is -2.07. The van der Waals surface area contributed by atoms with Crippen LogP contribution in [0.1, 0.15) is 5.56 Å². The fourth-order valence-electron chi connectivity index (χ4n) is 2.61. The summed E-state index contributed by atoms with van der Waals surface area (Å²) in [6.45, 7) is 0.560. The molecule has 4 aromatic rings. The van der Waals surface area contributed by atoms with E-state index in [1.807, 2.05) is 36.4 Å². The Hall–Kier alpha value is -3.41. The van der Waals surface area contributed by atoms with Crippen LogP contribution in [0.4, 0.5) is 15.9 Å². The molecule has 0 amide bonds. The molecule has 0 aliphatic heterocycles. The predicted molar refractivity (Wildman–Crippen MR) is 96.6 cm³/mol. The van der Waals surface area contributed by atoms with Crippen molar-refractivity contribution in [2.45, 2.75) is 6.54 Å². The van der Waals surface area contributed by atoms with Crippen LogP contribution in [-0.2, 0) is 6.54 Å². The normalized spacial score (nSPS) is 10.9. The molecule has 0 bridgehead atoms. The number of hydrogen-bond donors (Lipinski definition) is 2. The molecule has 4 rings (SSSR count). The Kier molecular flexibility index (Phi) is 3.78. The monoisotopic (exact) mass is 333 g/mol. The second-order valence-corrected chi connectivity index (χ2v) is 5.73. The number of aromatic nitrogens is 3. The molecule has 0 fully saturated rings. The SMILES string of the molecule is Nc1ccc(-c2cnc3ccc(NCc4ccc(F)cc4)nn23)cc1. The van der Waals surface area contributed by atoms with Crippen molar-refractivity contribution in [3.63, 3.8) is 0 Å². The van der Waals surface area contributed by atoms with Gasteiger partial charge in [0.05, 0.1) is 11.9 Å². The fraction of sp³-hybridized carbons (Fsp3) is 0.0526. The van der Waals surface area contributed by atoms with E-state index in [9.17, 15) is 4.39 Å². The van der Waals surface area contributed by atoms with E-state index in [4.69, 9.17) is 5.73 Å². The number of rotatable bonds is 4. The lowest BCUT2D eigenvalue weighted by molar-refractivity contribution is 0.627. The molecule has 3 N–H and O–H groups in total. The van der Waals surface area contributed by atoms with Gasteiger partial charge in [-0.1, -0.05) is 24.3 Å². The molecular weight excluding hydrogens is 317 g/mol. The summed E-state index contributed by atoms with van der Waals surface area (Å²) in [5, 5.41) is 7.85. The molecular formula is C19H16FN5. The first-order chi connectivity index (χ1) is 12.2. The van der Waals surface area contributed by atoms with Gasteiger partial charge in [0.15, 0.2) is 5.65 Å². The van der Waals surface area contributed by atoms with Gasteiger partial charge in [-0.3, -0.25) is 0 Å². The molecule has 2 heterocycles. The molecule has 0 unspecified atom stereocenters. The third kappa shape index (κ3) is 3.14. The highest BCUT2D eigenvalue weighted by Gasteiger charge is 2.08. The molecule has 0 radical (unpaired) electrons. The van der Waals surface area contributed by atoms with Crippen molar-refractivity contribution in [2.24, 2.45) is 0 Å². The molecule has 0 saturated carbocycles. The second kappa shape index (κ2) is 6.24. The van der Waals surface area contributed by atoms with Crippen molar-refractivity contribution < 1.29 is 4.39 Å². The zero-order valence-corrected chi connectivity index (χ0v) is 13.4. The molecule has 2 aromatic heterocycles. The first kappa shape index (κ1) is 15.1. The van der Waals surface area contributed by atoms with Crippen LogP contribution in [-0.4, -0.2) is 14.6 Å². The van der Waals surface area contributed by atoms with E-state index in [0.717, 1.165) is 22.5 Å². The number of halogens is 1. The maximum Gasteiger partial charge on any atom is 0.154 e. The van der Waals surface area contributed by atoms with E-state index in [-0.39, 0.29) is 5.82 Å². The number of imidazole rings is 1. The molecule has 2 aromatic carbocycles. The summed E-state index contributed by atoms with van der Waals surface area (Å²) in [6, 6.07) is 17.8. The van der Waals surface area contributed by atoms with Crippen molar-refractivity contribution in [3.8, 4) is 11.3 Å². The van der Waals surface area contributed by atoms with Gasteiger partial charge < -0.3 is 11.1 Å². The van der Waals surface area contributed by atoms with Crippen LogP contribution >= 0.6 is 0 Å². The Balaban J connectivity index is 1.61. The van der Waals surface area contributed by atoms with Gasteiger partial charge in [-0.05, 0) is 42.0 Å². The van der Waals surface area contributed by atoms with Crippen LogP contribution in [0.2, 0.25) is 0 Å². The van der Waals surface area contributed by atoms with Gasteiger partial charge in [-0.25, -0.2) is 13.9 Å². The number of anilines is 2. The minimum absolute atomic E-state index is 0.241. The highest BCUT2D eigenvalue weighted by molar-refractivity contribution is 5.65. The van der Waals surface area contributed by atoms with Crippen LogP contribution in [0.25, 0.3) is 16.9 Å². The summed E-state index contributed by atoms with van der Waals surface area (Å²) in [7, 11) is 0. The fourth-order valence-corrected chi connectivity index (χ4v) is 2.61. The van der Waals surface area contributed by atoms with Crippen LogP contribution in [0, 0.1) is 5.82 Å². The van der Waals surface area contributed by atoms with Crippen molar-refractivity contribution in [2.75, 3.05) is 11.1 Å². The molecule has 0 atom stereocenters. The van der Waals surface area contributed by atoms with Gasteiger partial charge in [0.25, 0.3) is 0 Å². The van der Waals surface area contributed by atoms with Crippen molar-refractivity contribution in [1.82, 2.24) is 14.6 Å². The van der Waals surface area contributed by atoms with Gasteiger partial charge in [0, 0.05) is 17.8 Å². The average Bonchev–Trinajstić information content (AvgIpc) is 3.05. The van der Waals surface area contributed by atoms with E-state index in [0.29, 0.717) is 18.1 Å². The van der Waals surface area contributed by atoms with E-state index in [1.54, 1.807) is 22.8 Å². The number of hydrogen-bond acceptors (Lipinski definition) is 4. The molecule has 0 aliphatic carbocycles. The van der Waals surface area contributed by atoms with Gasteiger partial charge in [0.2, 0.25) is 0 Å². The predicted octanol–water partition coefficient (Wildman–Crippen LogP) is 3.73. The summed E-state index contributed by atoms with van der Waals surface area (Å²) >= 11 is 0. The number of nitrogens with zero attached hydrogens (tertiary/aromatic N) is 3. The van der Waals surface area contributed by atoms with Crippen molar-refractivity contribution in [3.05, 3.63) is 78.2 Å². The number of benzene rings is 2. The number of nitrogen functional groups attached to an aromatic ring is 1. The average molecular weight is 333 g/mol. The van der Waals surface area contributed by atoms with Gasteiger partial charge in [0.1, 0.15) is 11.6 Å². The largest absolute Gasteiger partial charge is 0.399 e. The molecule has 124 valence electrons. The minimum atomic E-state index is -0.241. The molecule has 0 saturated heterocycles. The van der Waals surface area contributed by atoms with E-state index in [1.165, 1.54) is 12.1 Å². The Morgan fingerprint density at radius 3 is 2.48 bits per heavy atom. The van der Waals surface area contributed by atoms with E-state index < -0.39 is 0 Å². The van der Waals surface area contributed by atoms with Crippen molar-refractivity contribution >= 4 is 17.2 Å². The standard InChI is InChI=1S/C19H16FN5/c20-15-5-1-13(2-6-15)11-22-18-9-10-19-23-12-17(25(19)24-18)14-3-7-16(21)8-4-14/h1-10,12H,11,21H2,(H,22,24). The van der Waals surface area contributed by atoms with Crippen LogP contribution in [0.3, 0.4) is 0 Å². The summed E-state index contributed by atoms with van der Waals surface area (Å²) in [5.41, 5.74) is 10.1. The quantitative estimate of drug-likeness (QED) is 0.558. The second-order valence-electron chi connectivity index (χ2n) is 5.73. The smallest absolute Gasteiger partial charge is 0.154 e. The molecule has 25 heavy (non-hydrogen) atoms. The Bertz CT molecular complexity index is 1010. The first-order valence-corrected chi connectivity index (χ1v) is 7.88. The topological polar surface area (TPSA) is 68.2 Å². The first-order valence-electron chi connectivity index (χ1n) is 7.88. The molecule has 5 nitrogen and oxygen atoms in total. The van der Waals surface area contributed by atoms with Crippen LogP contribution in [0.5, 0.6) is 0 Å². The zero-order valence-electron chi connectivity index (χ0n) is 13.4. The maximum absolute atomic E-state index is 13.0. The van der Waals surface area contributed by atoms with E-state index >= 15 is 0 Å². The molecule has 0 aliphatic rings.